The fraction of sp³-hybridized carbons (Fsp3) is 0.933. The number of methoxy groups -OCH3 is 1. The van der Waals surface area contributed by atoms with Gasteiger partial charge in [-0.2, -0.15) is 0 Å². The highest BCUT2D eigenvalue weighted by Crippen LogP contribution is 2.25. The second kappa shape index (κ2) is 6.23. The first-order valence-corrected chi connectivity index (χ1v) is 7.21. The Bertz CT molecular complexity index is 308. The summed E-state index contributed by atoms with van der Waals surface area (Å²) < 4.78 is 4.96. The van der Waals surface area contributed by atoms with Crippen molar-refractivity contribution < 1.29 is 9.53 Å². The van der Waals surface area contributed by atoms with E-state index < -0.39 is 5.54 Å². The van der Waals surface area contributed by atoms with E-state index in [0.717, 1.165) is 19.5 Å². The third-order valence-electron chi connectivity index (χ3n) is 3.47. The van der Waals surface area contributed by atoms with Gasteiger partial charge in [0.2, 0.25) is 0 Å². The highest BCUT2D eigenvalue weighted by molar-refractivity contribution is 5.80. The van der Waals surface area contributed by atoms with Crippen molar-refractivity contribution in [1.29, 1.82) is 0 Å². The van der Waals surface area contributed by atoms with E-state index in [1.54, 1.807) is 0 Å². The lowest BCUT2D eigenvalue weighted by Gasteiger charge is -2.32. The number of carbonyl (C=O) groups is 1. The maximum atomic E-state index is 12.0. The minimum absolute atomic E-state index is 0.149. The highest BCUT2D eigenvalue weighted by Gasteiger charge is 2.39. The molecule has 0 radical (unpaired) electrons. The Hall–Kier alpha value is -0.610. The van der Waals surface area contributed by atoms with Crippen molar-refractivity contribution in [2.45, 2.75) is 58.5 Å². The van der Waals surface area contributed by atoms with E-state index in [4.69, 9.17) is 4.74 Å². The van der Waals surface area contributed by atoms with Gasteiger partial charge in [0.25, 0.3) is 0 Å². The van der Waals surface area contributed by atoms with Crippen LogP contribution in [0.1, 0.15) is 47.0 Å². The molecule has 0 aliphatic heterocycles. The average molecular weight is 270 g/mol. The zero-order valence-corrected chi connectivity index (χ0v) is 13.4. The van der Waals surface area contributed by atoms with Crippen LogP contribution >= 0.6 is 0 Å². The standard InChI is InChI=1S/C15H30N2O2/c1-14(2,3)11-17(5)10-9-15(4,13(18)19-6)16-12-7-8-12/h12,16H,7-11H2,1-6H3. The number of esters is 1. The van der Waals surface area contributed by atoms with Crippen molar-refractivity contribution in [2.24, 2.45) is 5.41 Å². The molecule has 0 aromatic rings. The number of rotatable bonds is 7. The van der Waals surface area contributed by atoms with E-state index in [9.17, 15) is 4.79 Å². The molecule has 1 atom stereocenters. The predicted molar refractivity (Wildman–Crippen MR) is 78.1 cm³/mol. The van der Waals surface area contributed by atoms with Crippen molar-refractivity contribution in [2.75, 3.05) is 27.2 Å². The normalized spacial score (nSPS) is 19.3. The Labute approximate surface area is 117 Å². The van der Waals surface area contributed by atoms with Crippen LogP contribution in [0.4, 0.5) is 0 Å². The van der Waals surface area contributed by atoms with E-state index in [-0.39, 0.29) is 11.4 Å². The lowest BCUT2D eigenvalue weighted by Crippen LogP contribution is -2.53. The summed E-state index contributed by atoms with van der Waals surface area (Å²) in [6, 6.07) is 0.497. The van der Waals surface area contributed by atoms with Gasteiger partial charge in [0.05, 0.1) is 7.11 Å². The van der Waals surface area contributed by atoms with Gasteiger partial charge in [-0.25, -0.2) is 0 Å². The number of nitrogens with one attached hydrogen (secondary N) is 1. The molecule has 1 aliphatic rings. The molecule has 1 rings (SSSR count). The average Bonchev–Trinajstić information content (AvgIpc) is 3.06. The molecule has 4 heteroatoms. The molecule has 0 heterocycles. The minimum Gasteiger partial charge on any atom is -0.468 e. The Kier molecular flexibility index (Phi) is 5.39. The van der Waals surface area contributed by atoms with E-state index in [2.05, 4.69) is 38.0 Å². The van der Waals surface area contributed by atoms with Crippen LogP contribution in [0.3, 0.4) is 0 Å². The number of hydrogen-bond acceptors (Lipinski definition) is 4. The summed E-state index contributed by atoms with van der Waals surface area (Å²) in [6.45, 7) is 10.6. The van der Waals surface area contributed by atoms with Crippen LogP contribution in [0.5, 0.6) is 0 Å². The fourth-order valence-electron chi connectivity index (χ4n) is 2.44. The van der Waals surface area contributed by atoms with Gasteiger partial charge >= 0.3 is 5.97 Å². The van der Waals surface area contributed by atoms with Crippen molar-refractivity contribution in [1.82, 2.24) is 10.2 Å². The Morgan fingerprint density at radius 1 is 1.32 bits per heavy atom. The molecule has 0 aromatic heterocycles. The summed E-state index contributed by atoms with van der Waals surface area (Å²) in [6.07, 6.45) is 3.12. The summed E-state index contributed by atoms with van der Waals surface area (Å²) >= 11 is 0. The van der Waals surface area contributed by atoms with Crippen molar-refractivity contribution in [3.63, 3.8) is 0 Å². The molecule has 112 valence electrons. The molecule has 19 heavy (non-hydrogen) atoms. The van der Waals surface area contributed by atoms with E-state index in [1.165, 1.54) is 20.0 Å². The van der Waals surface area contributed by atoms with Gasteiger partial charge in [0.1, 0.15) is 5.54 Å². The van der Waals surface area contributed by atoms with E-state index in [1.807, 2.05) is 6.92 Å². The Morgan fingerprint density at radius 3 is 2.32 bits per heavy atom. The predicted octanol–water partition coefficient (Wildman–Crippen LogP) is 2.04. The van der Waals surface area contributed by atoms with Crippen LogP contribution in [-0.2, 0) is 9.53 Å². The third kappa shape index (κ3) is 5.91. The smallest absolute Gasteiger partial charge is 0.325 e. The molecular formula is C15H30N2O2. The lowest BCUT2D eigenvalue weighted by molar-refractivity contribution is -0.148. The monoisotopic (exact) mass is 270 g/mol. The molecule has 0 saturated heterocycles. The second-order valence-electron chi connectivity index (χ2n) is 7.29. The van der Waals surface area contributed by atoms with Crippen LogP contribution in [0.25, 0.3) is 0 Å². The molecule has 1 aliphatic carbocycles. The second-order valence-corrected chi connectivity index (χ2v) is 7.29. The molecule has 0 aromatic carbocycles. The summed E-state index contributed by atoms with van der Waals surface area (Å²) in [4.78, 5) is 14.3. The van der Waals surface area contributed by atoms with Gasteiger partial charge in [-0.05, 0) is 38.6 Å². The summed E-state index contributed by atoms with van der Waals surface area (Å²) in [5.74, 6) is -0.149. The maximum absolute atomic E-state index is 12.0. The first-order chi connectivity index (χ1) is 8.66. The molecule has 0 bridgehead atoms. The SMILES string of the molecule is COC(=O)C(C)(CCN(C)CC(C)(C)C)NC1CC1. The summed E-state index contributed by atoms with van der Waals surface area (Å²) in [7, 11) is 3.58. The zero-order chi connectivity index (χ0) is 14.7. The van der Waals surface area contributed by atoms with Gasteiger partial charge in [-0.15, -0.1) is 0 Å². The minimum atomic E-state index is -0.554. The van der Waals surface area contributed by atoms with Gasteiger partial charge in [0.15, 0.2) is 0 Å². The molecule has 1 fully saturated rings. The zero-order valence-electron chi connectivity index (χ0n) is 13.4. The largest absolute Gasteiger partial charge is 0.468 e. The topological polar surface area (TPSA) is 41.6 Å². The van der Waals surface area contributed by atoms with Gasteiger partial charge < -0.3 is 9.64 Å². The number of hydrogen-bond donors (Lipinski definition) is 1. The van der Waals surface area contributed by atoms with Gasteiger partial charge in [-0.3, -0.25) is 10.1 Å². The summed E-state index contributed by atoms with van der Waals surface area (Å²) in [5.41, 5.74) is -0.275. The Morgan fingerprint density at radius 2 is 1.89 bits per heavy atom. The van der Waals surface area contributed by atoms with Gasteiger partial charge in [-0.1, -0.05) is 20.8 Å². The van der Waals surface area contributed by atoms with Crippen LogP contribution < -0.4 is 5.32 Å². The van der Waals surface area contributed by atoms with Gasteiger partial charge in [0, 0.05) is 19.1 Å². The lowest BCUT2D eigenvalue weighted by atomic mass is 9.94. The van der Waals surface area contributed by atoms with Crippen LogP contribution in [0.2, 0.25) is 0 Å². The molecule has 0 amide bonds. The summed E-state index contributed by atoms with van der Waals surface area (Å²) in [5, 5.41) is 3.44. The number of nitrogens with zero attached hydrogens (tertiary/aromatic N) is 1. The molecule has 1 N–H and O–H groups in total. The number of ether oxygens (including phenoxy) is 1. The van der Waals surface area contributed by atoms with Crippen LogP contribution in [0.15, 0.2) is 0 Å². The first kappa shape index (κ1) is 16.4. The third-order valence-corrected chi connectivity index (χ3v) is 3.47. The molecular weight excluding hydrogens is 240 g/mol. The molecule has 0 spiro atoms. The van der Waals surface area contributed by atoms with E-state index >= 15 is 0 Å². The number of carbonyl (C=O) groups excluding carboxylic acids is 1. The van der Waals surface area contributed by atoms with E-state index in [0.29, 0.717) is 6.04 Å². The van der Waals surface area contributed by atoms with Crippen molar-refractivity contribution in [3.8, 4) is 0 Å². The molecule has 1 saturated carbocycles. The Balaban J connectivity index is 2.50. The fourth-order valence-corrected chi connectivity index (χ4v) is 2.44. The highest BCUT2D eigenvalue weighted by atomic mass is 16.5. The molecule has 1 unspecified atom stereocenters. The van der Waals surface area contributed by atoms with Crippen LogP contribution in [-0.4, -0.2) is 49.7 Å². The maximum Gasteiger partial charge on any atom is 0.325 e. The van der Waals surface area contributed by atoms with Crippen molar-refractivity contribution >= 4 is 5.97 Å². The molecule has 4 nitrogen and oxygen atoms in total. The quantitative estimate of drug-likeness (QED) is 0.719. The van der Waals surface area contributed by atoms with Crippen molar-refractivity contribution in [3.05, 3.63) is 0 Å². The first-order valence-electron chi connectivity index (χ1n) is 7.21. The van der Waals surface area contributed by atoms with Crippen LogP contribution in [0, 0.1) is 5.41 Å².